The summed E-state index contributed by atoms with van der Waals surface area (Å²) in [6.07, 6.45) is 5.60. The number of nitrogens with one attached hydrogen (secondary N) is 1. The van der Waals surface area contributed by atoms with Crippen molar-refractivity contribution in [3.05, 3.63) is 89.5 Å². The third-order valence-corrected chi connectivity index (χ3v) is 3.73. The van der Waals surface area contributed by atoms with Crippen molar-refractivity contribution in [3.8, 4) is 6.07 Å². The van der Waals surface area contributed by atoms with E-state index < -0.39 is 0 Å². The predicted molar refractivity (Wildman–Crippen MR) is 89.5 cm³/mol. The van der Waals surface area contributed by atoms with Crippen LogP contribution in [0, 0.1) is 11.3 Å². The van der Waals surface area contributed by atoms with Gasteiger partial charge in [0.2, 0.25) is 0 Å². The summed E-state index contributed by atoms with van der Waals surface area (Å²) in [7, 11) is 0. The molecule has 0 radical (unpaired) electrons. The van der Waals surface area contributed by atoms with E-state index in [1.165, 1.54) is 11.1 Å². The zero-order valence-electron chi connectivity index (χ0n) is 12.8. The largest absolute Gasteiger partial charge is 0.333 e. The van der Waals surface area contributed by atoms with Crippen molar-refractivity contribution in [3.63, 3.8) is 0 Å². The minimum atomic E-state index is 0.699. The van der Waals surface area contributed by atoms with Crippen molar-refractivity contribution in [1.82, 2.24) is 14.9 Å². The van der Waals surface area contributed by atoms with Gasteiger partial charge in [-0.25, -0.2) is 4.98 Å². The average Bonchev–Trinajstić information content (AvgIpc) is 3.10. The number of aromatic nitrogens is 2. The zero-order valence-corrected chi connectivity index (χ0v) is 12.8. The molecule has 0 spiro atoms. The molecular weight excluding hydrogens is 284 g/mol. The first kappa shape index (κ1) is 15.0. The minimum Gasteiger partial charge on any atom is -0.333 e. The van der Waals surface area contributed by atoms with Gasteiger partial charge in [0, 0.05) is 32.0 Å². The average molecular weight is 302 g/mol. The molecule has 0 aliphatic carbocycles. The Balaban J connectivity index is 1.63. The molecule has 0 amide bonds. The highest BCUT2D eigenvalue weighted by atomic mass is 15.0. The van der Waals surface area contributed by atoms with Crippen LogP contribution in [0.3, 0.4) is 0 Å². The number of hydrogen-bond donors (Lipinski definition) is 1. The van der Waals surface area contributed by atoms with Crippen LogP contribution in [-0.4, -0.2) is 9.55 Å². The summed E-state index contributed by atoms with van der Waals surface area (Å²) in [5.74, 6) is 0. The Morgan fingerprint density at radius 2 is 1.91 bits per heavy atom. The Labute approximate surface area is 136 Å². The van der Waals surface area contributed by atoms with E-state index in [9.17, 15) is 0 Å². The van der Waals surface area contributed by atoms with Gasteiger partial charge in [0.05, 0.1) is 18.0 Å². The summed E-state index contributed by atoms with van der Waals surface area (Å²) in [4.78, 5) is 4.09. The van der Waals surface area contributed by atoms with E-state index in [4.69, 9.17) is 5.26 Å². The monoisotopic (exact) mass is 302 g/mol. The van der Waals surface area contributed by atoms with Gasteiger partial charge in [0.1, 0.15) is 0 Å². The van der Waals surface area contributed by atoms with Gasteiger partial charge in [-0.3, -0.25) is 0 Å². The molecule has 0 fully saturated rings. The van der Waals surface area contributed by atoms with Crippen LogP contribution in [0.5, 0.6) is 0 Å². The Hall–Kier alpha value is -2.90. The van der Waals surface area contributed by atoms with Crippen LogP contribution < -0.4 is 5.32 Å². The molecule has 1 aromatic heterocycles. The lowest BCUT2D eigenvalue weighted by Crippen LogP contribution is -2.14. The molecule has 114 valence electrons. The third-order valence-electron chi connectivity index (χ3n) is 3.73. The summed E-state index contributed by atoms with van der Waals surface area (Å²) in [5.41, 5.74) is 4.38. The normalized spacial score (nSPS) is 10.4. The topological polar surface area (TPSA) is 53.6 Å². The van der Waals surface area contributed by atoms with Gasteiger partial charge in [-0.2, -0.15) is 5.26 Å². The molecular formula is C19H18N4. The lowest BCUT2D eigenvalue weighted by Gasteiger charge is -2.11. The quantitative estimate of drug-likeness (QED) is 0.761. The fourth-order valence-corrected chi connectivity index (χ4v) is 2.55. The predicted octanol–water partition coefficient (Wildman–Crippen LogP) is 3.09. The maximum atomic E-state index is 8.95. The molecule has 0 saturated carbocycles. The summed E-state index contributed by atoms with van der Waals surface area (Å²) >= 11 is 0. The van der Waals surface area contributed by atoms with Gasteiger partial charge < -0.3 is 9.88 Å². The van der Waals surface area contributed by atoms with Crippen LogP contribution in [0.4, 0.5) is 0 Å². The van der Waals surface area contributed by atoms with Gasteiger partial charge in [-0.15, -0.1) is 0 Å². The Bertz CT molecular complexity index is 800. The maximum absolute atomic E-state index is 8.95. The highest BCUT2D eigenvalue weighted by Gasteiger charge is 2.03. The van der Waals surface area contributed by atoms with Crippen LogP contribution >= 0.6 is 0 Å². The number of benzene rings is 2. The van der Waals surface area contributed by atoms with Crippen LogP contribution in [0.25, 0.3) is 0 Å². The van der Waals surface area contributed by atoms with Crippen molar-refractivity contribution >= 4 is 0 Å². The second-order valence-electron chi connectivity index (χ2n) is 5.42. The van der Waals surface area contributed by atoms with Gasteiger partial charge in [0.15, 0.2) is 0 Å². The lowest BCUT2D eigenvalue weighted by molar-refractivity contribution is 0.680. The molecule has 23 heavy (non-hydrogen) atoms. The number of hydrogen-bond acceptors (Lipinski definition) is 3. The van der Waals surface area contributed by atoms with E-state index in [1.54, 1.807) is 6.20 Å². The number of nitrogens with zero attached hydrogens (tertiary/aromatic N) is 3. The zero-order chi connectivity index (χ0) is 15.9. The molecule has 4 nitrogen and oxygen atoms in total. The summed E-state index contributed by atoms with van der Waals surface area (Å²) in [6, 6.07) is 18.3. The fourth-order valence-electron chi connectivity index (χ4n) is 2.55. The third kappa shape index (κ3) is 4.06. The second kappa shape index (κ2) is 7.39. The van der Waals surface area contributed by atoms with Gasteiger partial charge in [-0.05, 0) is 28.8 Å². The Kier molecular flexibility index (Phi) is 4.82. The van der Waals surface area contributed by atoms with Crippen LogP contribution in [-0.2, 0) is 19.6 Å². The van der Waals surface area contributed by atoms with Crippen molar-refractivity contribution < 1.29 is 0 Å². The van der Waals surface area contributed by atoms with Crippen molar-refractivity contribution in [2.45, 2.75) is 19.6 Å². The highest BCUT2D eigenvalue weighted by Crippen LogP contribution is 2.11. The van der Waals surface area contributed by atoms with E-state index in [-0.39, 0.29) is 0 Å². The van der Waals surface area contributed by atoms with E-state index in [0.29, 0.717) is 5.56 Å². The lowest BCUT2D eigenvalue weighted by atomic mass is 10.1. The first-order chi connectivity index (χ1) is 11.3. The molecule has 4 heteroatoms. The summed E-state index contributed by atoms with van der Waals surface area (Å²) in [6.45, 7) is 2.36. The van der Waals surface area contributed by atoms with Gasteiger partial charge in [0.25, 0.3) is 0 Å². The smallest absolute Gasteiger partial charge is 0.0991 e. The van der Waals surface area contributed by atoms with Gasteiger partial charge in [-0.1, -0.05) is 36.4 Å². The summed E-state index contributed by atoms with van der Waals surface area (Å²) < 4.78 is 2.06. The van der Waals surface area contributed by atoms with E-state index >= 15 is 0 Å². The molecule has 0 bridgehead atoms. The minimum absolute atomic E-state index is 0.699. The molecule has 1 heterocycles. The van der Waals surface area contributed by atoms with Crippen molar-refractivity contribution in [2.24, 2.45) is 0 Å². The highest BCUT2D eigenvalue weighted by molar-refractivity contribution is 5.33. The molecule has 3 aromatic rings. The second-order valence-corrected chi connectivity index (χ2v) is 5.42. The molecule has 0 saturated heterocycles. The molecule has 0 aliphatic rings. The molecule has 1 N–H and O–H groups in total. The Morgan fingerprint density at radius 1 is 1.04 bits per heavy atom. The van der Waals surface area contributed by atoms with Gasteiger partial charge >= 0.3 is 0 Å². The first-order valence-corrected chi connectivity index (χ1v) is 7.57. The number of nitriles is 1. The number of imidazole rings is 1. The van der Waals surface area contributed by atoms with Crippen molar-refractivity contribution in [1.29, 1.82) is 5.26 Å². The van der Waals surface area contributed by atoms with E-state index in [2.05, 4.69) is 45.2 Å². The molecule has 2 aromatic carbocycles. The fraction of sp³-hybridized carbons (Fsp3) is 0.158. The summed E-state index contributed by atoms with van der Waals surface area (Å²) in [5, 5.41) is 12.4. The first-order valence-electron chi connectivity index (χ1n) is 7.57. The Morgan fingerprint density at radius 3 is 2.70 bits per heavy atom. The molecule has 0 aliphatic heterocycles. The standard InChI is InChI=1S/C19H18N4/c20-11-16-4-3-5-17(10-16)12-22-13-18-6-1-2-7-19(18)14-23-9-8-21-15-23/h1-10,15,22H,12-14H2. The van der Waals surface area contributed by atoms with Crippen molar-refractivity contribution in [2.75, 3.05) is 0 Å². The molecule has 0 atom stereocenters. The molecule has 3 rings (SSSR count). The van der Waals surface area contributed by atoms with E-state index in [0.717, 1.165) is 25.2 Å². The van der Waals surface area contributed by atoms with Crippen LogP contribution in [0.1, 0.15) is 22.3 Å². The molecule has 0 unspecified atom stereocenters. The van der Waals surface area contributed by atoms with Crippen LogP contribution in [0.2, 0.25) is 0 Å². The van der Waals surface area contributed by atoms with Crippen LogP contribution in [0.15, 0.2) is 67.3 Å². The van der Waals surface area contributed by atoms with E-state index in [1.807, 2.05) is 36.8 Å². The SMILES string of the molecule is N#Cc1cccc(CNCc2ccccc2Cn2ccnc2)c1. The maximum Gasteiger partial charge on any atom is 0.0991 e. The number of rotatable bonds is 6.